The van der Waals surface area contributed by atoms with Crippen molar-refractivity contribution in [1.29, 1.82) is 0 Å². The summed E-state index contributed by atoms with van der Waals surface area (Å²) in [6, 6.07) is 6.02. The molecular formula is C16H23ClN2O3. The molecule has 2 aromatic rings. The van der Waals surface area contributed by atoms with Gasteiger partial charge in [-0.3, -0.25) is 4.79 Å². The molecule has 0 aliphatic heterocycles. The number of carbonyl (C=O) groups excluding carboxylic acids is 1. The highest BCUT2D eigenvalue weighted by atomic mass is 35.5. The van der Waals surface area contributed by atoms with Crippen molar-refractivity contribution in [1.82, 2.24) is 4.98 Å². The van der Waals surface area contributed by atoms with Crippen LogP contribution in [-0.2, 0) is 16.0 Å². The van der Waals surface area contributed by atoms with Crippen LogP contribution in [0.25, 0.3) is 10.9 Å². The minimum absolute atomic E-state index is 0. The first-order chi connectivity index (χ1) is 10.2. The Hall–Kier alpha value is -1.72. The Bertz CT molecular complexity index is 598. The molecule has 3 N–H and O–H groups in total. The van der Waals surface area contributed by atoms with E-state index in [0.717, 1.165) is 35.9 Å². The molecule has 0 spiro atoms. The van der Waals surface area contributed by atoms with E-state index in [1.807, 2.05) is 24.4 Å². The molecule has 0 saturated carbocycles. The summed E-state index contributed by atoms with van der Waals surface area (Å²) < 4.78 is 10.6. The predicted octanol–water partition coefficient (Wildman–Crippen LogP) is 2.81. The number of unbranched alkanes of at least 4 members (excludes halogenated alkanes) is 1. The maximum atomic E-state index is 10.6. The van der Waals surface area contributed by atoms with Crippen LogP contribution in [-0.4, -0.2) is 30.7 Å². The molecule has 5 nitrogen and oxygen atoms in total. The van der Waals surface area contributed by atoms with Crippen molar-refractivity contribution in [2.75, 3.05) is 19.8 Å². The van der Waals surface area contributed by atoms with E-state index < -0.39 is 0 Å². The van der Waals surface area contributed by atoms with Gasteiger partial charge in [0.05, 0.1) is 13.2 Å². The van der Waals surface area contributed by atoms with Gasteiger partial charge in [-0.15, -0.1) is 12.4 Å². The van der Waals surface area contributed by atoms with Gasteiger partial charge in [-0.1, -0.05) is 0 Å². The van der Waals surface area contributed by atoms with E-state index in [1.165, 1.54) is 12.5 Å². The Balaban J connectivity index is 0.00000242. The molecule has 22 heavy (non-hydrogen) atoms. The van der Waals surface area contributed by atoms with Crippen molar-refractivity contribution < 1.29 is 14.3 Å². The Kier molecular flexibility index (Phi) is 7.77. The molecule has 1 heterocycles. The molecule has 1 aromatic heterocycles. The number of H-pyrrole nitrogens is 1. The van der Waals surface area contributed by atoms with E-state index in [0.29, 0.717) is 19.8 Å². The summed E-state index contributed by atoms with van der Waals surface area (Å²) in [6.07, 6.45) is 4.52. The number of nitrogens with two attached hydrogens (primary N) is 1. The molecular weight excluding hydrogens is 304 g/mol. The van der Waals surface area contributed by atoms with Crippen LogP contribution >= 0.6 is 12.4 Å². The minimum Gasteiger partial charge on any atom is -0.494 e. The monoisotopic (exact) mass is 326 g/mol. The van der Waals surface area contributed by atoms with Gasteiger partial charge < -0.3 is 20.2 Å². The first kappa shape index (κ1) is 18.3. The second-order valence-corrected chi connectivity index (χ2v) is 4.96. The number of nitrogens with one attached hydrogen (secondary N) is 1. The van der Waals surface area contributed by atoms with E-state index in [2.05, 4.69) is 4.98 Å². The molecule has 6 heteroatoms. The van der Waals surface area contributed by atoms with Gasteiger partial charge in [-0.05, 0) is 49.6 Å². The van der Waals surface area contributed by atoms with Crippen molar-refractivity contribution >= 4 is 29.3 Å². The van der Waals surface area contributed by atoms with Crippen molar-refractivity contribution in [2.45, 2.75) is 26.2 Å². The normalized spacial score (nSPS) is 10.3. The van der Waals surface area contributed by atoms with Crippen LogP contribution in [0, 0.1) is 0 Å². The number of ether oxygens (including phenoxy) is 2. The number of esters is 1. The highest BCUT2D eigenvalue weighted by Gasteiger charge is 2.04. The molecule has 0 fully saturated rings. The molecule has 0 saturated heterocycles. The topological polar surface area (TPSA) is 77.3 Å². The average Bonchev–Trinajstić information content (AvgIpc) is 2.85. The number of hydrogen-bond donors (Lipinski definition) is 2. The second-order valence-electron chi connectivity index (χ2n) is 4.96. The summed E-state index contributed by atoms with van der Waals surface area (Å²) in [4.78, 5) is 13.9. The van der Waals surface area contributed by atoms with Crippen molar-refractivity contribution in [3.8, 4) is 5.75 Å². The second kappa shape index (κ2) is 9.33. The van der Waals surface area contributed by atoms with Crippen LogP contribution in [0.4, 0.5) is 0 Å². The van der Waals surface area contributed by atoms with Gasteiger partial charge in [-0.25, -0.2) is 0 Å². The summed E-state index contributed by atoms with van der Waals surface area (Å²) in [7, 11) is 0. The molecule has 0 atom stereocenters. The fourth-order valence-corrected chi connectivity index (χ4v) is 2.22. The number of aromatic amines is 1. The number of halogens is 1. The standard InChI is InChI=1S/C16H22N2O3.ClH/c1-12(19)20-8-2-3-9-21-14-4-5-16-15(10-14)13(6-7-17)11-18-16;/h4-5,10-11,18H,2-3,6-9,17H2,1H3;1H. The van der Waals surface area contributed by atoms with E-state index in [-0.39, 0.29) is 18.4 Å². The lowest BCUT2D eigenvalue weighted by Crippen LogP contribution is -2.03. The molecule has 0 amide bonds. The molecule has 0 aliphatic carbocycles. The Labute approximate surface area is 136 Å². The van der Waals surface area contributed by atoms with Crippen LogP contribution in [0.5, 0.6) is 5.75 Å². The fraction of sp³-hybridized carbons (Fsp3) is 0.438. The molecule has 0 bridgehead atoms. The molecule has 2 rings (SSSR count). The lowest BCUT2D eigenvalue weighted by atomic mass is 10.1. The molecule has 0 unspecified atom stereocenters. The summed E-state index contributed by atoms with van der Waals surface area (Å²) in [5, 5.41) is 1.16. The third-order valence-electron chi connectivity index (χ3n) is 3.27. The summed E-state index contributed by atoms with van der Waals surface area (Å²) >= 11 is 0. The number of benzene rings is 1. The maximum Gasteiger partial charge on any atom is 0.302 e. The van der Waals surface area contributed by atoms with E-state index in [1.54, 1.807) is 0 Å². The van der Waals surface area contributed by atoms with E-state index in [4.69, 9.17) is 15.2 Å². The van der Waals surface area contributed by atoms with Gasteiger partial charge >= 0.3 is 5.97 Å². The van der Waals surface area contributed by atoms with Crippen molar-refractivity contribution in [3.05, 3.63) is 30.0 Å². The van der Waals surface area contributed by atoms with Gasteiger partial charge in [0.1, 0.15) is 5.75 Å². The number of hydrogen-bond acceptors (Lipinski definition) is 4. The van der Waals surface area contributed by atoms with Gasteiger partial charge in [0.2, 0.25) is 0 Å². The lowest BCUT2D eigenvalue weighted by molar-refractivity contribution is -0.141. The molecule has 122 valence electrons. The Morgan fingerprint density at radius 3 is 2.77 bits per heavy atom. The fourth-order valence-electron chi connectivity index (χ4n) is 2.22. The average molecular weight is 327 g/mol. The van der Waals surface area contributed by atoms with Gasteiger partial charge in [0, 0.05) is 24.0 Å². The molecule has 0 aliphatic rings. The minimum atomic E-state index is -0.235. The zero-order valence-corrected chi connectivity index (χ0v) is 13.6. The third kappa shape index (κ3) is 5.24. The smallest absolute Gasteiger partial charge is 0.302 e. The van der Waals surface area contributed by atoms with Crippen LogP contribution in [0.1, 0.15) is 25.3 Å². The molecule has 0 radical (unpaired) electrons. The summed E-state index contributed by atoms with van der Waals surface area (Å²) in [5.74, 6) is 0.620. The van der Waals surface area contributed by atoms with E-state index in [9.17, 15) is 4.79 Å². The highest BCUT2D eigenvalue weighted by Crippen LogP contribution is 2.24. The molecule has 1 aromatic carbocycles. The van der Waals surface area contributed by atoms with Crippen LogP contribution in [0.2, 0.25) is 0 Å². The van der Waals surface area contributed by atoms with Crippen molar-refractivity contribution in [2.24, 2.45) is 5.73 Å². The number of carbonyl (C=O) groups is 1. The first-order valence-corrected chi connectivity index (χ1v) is 7.27. The van der Waals surface area contributed by atoms with Gasteiger partial charge in [0.25, 0.3) is 0 Å². The zero-order chi connectivity index (χ0) is 15.1. The Morgan fingerprint density at radius 2 is 2.05 bits per heavy atom. The van der Waals surface area contributed by atoms with E-state index >= 15 is 0 Å². The largest absolute Gasteiger partial charge is 0.494 e. The van der Waals surface area contributed by atoms with Gasteiger partial charge in [-0.2, -0.15) is 0 Å². The maximum absolute atomic E-state index is 10.6. The number of rotatable bonds is 8. The summed E-state index contributed by atoms with van der Waals surface area (Å²) in [5.41, 5.74) is 7.93. The number of fused-ring (bicyclic) bond motifs is 1. The lowest BCUT2D eigenvalue weighted by Gasteiger charge is -2.07. The Morgan fingerprint density at radius 1 is 1.27 bits per heavy atom. The first-order valence-electron chi connectivity index (χ1n) is 7.27. The quantitative estimate of drug-likeness (QED) is 0.577. The highest BCUT2D eigenvalue weighted by molar-refractivity contribution is 5.85. The summed E-state index contributed by atoms with van der Waals surface area (Å²) in [6.45, 7) is 3.12. The zero-order valence-electron chi connectivity index (χ0n) is 12.8. The van der Waals surface area contributed by atoms with Crippen LogP contribution in [0.15, 0.2) is 24.4 Å². The SMILES string of the molecule is CC(=O)OCCCCOc1ccc2[nH]cc(CCN)c2c1.Cl. The van der Waals surface area contributed by atoms with Crippen LogP contribution in [0.3, 0.4) is 0 Å². The predicted molar refractivity (Wildman–Crippen MR) is 89.7 cm³/mol. The van der Waals surface area contributed by atoms with Gasteiger partial charge in [0.15, 0.2) is 0 Å². The third-order valence-corrected chi connectivity index (χ3v) is 3.27. The number of aromatic nitrogens is 1. The van der Waals surface area contributed by atoms with Crippen LogP contribution < -0.4 is 10.5 Å². The van der Waals surface area contributed by atoms with Crippen molar-refractivity contribution in [3.63, 3.8) is 0 Å².